The van der Waals surface area contributed by atoms with Crippen molar-refractivity contribution < 1.29 is 22.7 Å². The molecule has 1 unspecified atom stereocenters. The number of carbonyl (C=O) groups is 1. The lowest BCUT2D eigenvalue weighted by molar-refractivity contribution is -0.150. The number of hydrogen-bond acceptors (Lipinski definition) is 2. The third kappa shape index (κ3) is 5.14. The molecule has 0 rings (SSSR count). The summed E-state index contributed by atoms with van der Waals surface area (Å²) < 4.78 is 37.9. The highest BCUT2D eigenvalue weighted by Gasteiger charge is 2.06. The Balaban J connectivity index is 3.75. The van der Waals surface area contributed by atoms with E-state index < -0.39 is 18.4 Å². The van der Waals surface area contributed by atoms with Crippen molar-refractivity contribution in [2.24, 2.45) is 0 Å². The summed E-state index contributed by atoms with van der Waals surface area (Å²) >= 11 is 0. The Morgan fingerprint density at radius 3 is 2.40 bits per heavy atom. The quantitative estimate of drug-likeness (QED) is 0.565. The second-order valence-corrected chi connectivity index (χ2v) is 1.42. The standard InChI is InChI=1S/C5H5F3O2/c1-3(9)10-5(8)2-4(6)7/h2,5H,1H3. The Morgan fingerprint density at radius 1 is 1.60 bits per heavy atom. The topological polar surface area (TPSA) is 26.3 Å². The molecule has 0 aromatic carbocycles. The summed E-state index contributed by atoms with van der Waals surface area (Å²) in [6.45, 7) is 0.927. The first-order chi connectivity index (χ1) is 4.52. The molecule has 0 saturated carbocycles. The smallest absolute Gasteiger partial charge is 0.305 e. The van der Waals surface area contributed by atoms with Crippen molar-refractivity contribution in [3.8, 4) is 0 Å². The van der Waals surface area contributed by atoms with Crippen LogP contribution >= 0.6 is 0 Å². The Kier molecular flexibility index (Phi) is 3.53. The molecular formula is C5H5F3O2. The highest BCUT2D eigenvalue weighted by Crippen LogP contribution is 2.03. The Hall–Kier alpha value is -1.00. The van der Waals surface area contributed by atoms with Gasteiger partial charge in [0.25, 0.3) is 12.4 Å². The zero-order valence-electron chi connectivity index (χ0n) is 5.11. The van der Waals surface area contributed by atoms with E-state index in [1.165, 1.54) is 0 Å². The number of esters is 1. The summed E-state index contributed by atoms with van der Waals surface area (Å²) in [5.74, 6) is -0.940. The van der Waals surface area contributed by atoms with Crippen molar-refractivity contribution in [3.63, 3.8) is 0 Å². The molecule has 0 aliphatic rings. The Morgan fingerprint density at radius 2 is 2.10 bits per heavy atom. The molecule has 0 heterocycles. The Labute approximate surface area is 55.3 Å². The first-order valence-electron chi connectivity index (χ1n) is 2.36. The van der Waals surface area contributed by atoms with E-state index in [1.54, 1.807) is 0 Å². The maximum absolute atomic E-state index is 11.9. The van der Waals surface area contributed by atoms with Crippen LogP contribution < -0.4 is 0 Å². The van der Waals surface area contributed by atoms with E-state index in [4.69, 9.17) is 0 Å². The van der Waals surface area contributed by atoms with E-state index in [0.29, 0.717) is 0 Å². The molecule has 1 atom stereocenters. The van der Waals surface area contributed by atoms with Gasteiger partial charge in [-0.15, -0.1) is 0 Å². The lowest BCUT2D eigenvalue weighted by Crippen LogP contribution is -2.07. The Bertz CT molecular complexity index is 151. The van der Waals surface area contributed by atoms with Gasteiger partial charge in [-0.3, -0.25) is 4.79 Å². The molecule has 10 heavy (non-hydrogen) atoms. The zero-order valence-corrected chi connectivity index (χ0v) is 5.11. The van der Waals surface area contributed by atoms with Crippen LogP contribution in [0.5, 0.6) is 0 Å². The molecule has 5 heteroatoms. The number of ether oxygens (including phenoxy) is 1. The number of carbonyl (C=O) groups excluding carboxylic acids is 1. The summed E-state index contributed by atoms with van der Waals surface area (Å²) in [6.07, 6.45) is -4.65. The second kappa shape index (κ2) is 3.92. The molecule has 0 amide bonds. The average molecular weight is 154 g/mol. The van der Waals surface area contributed by atoms with Crippen LogP contribution in [0.15, 0.2) is 12.2 Å². The molecule has 0 bridgehead atoms. The van der Waals surface area contributed by atoms with Crippen molar-refractivity contribution in [1.29, 1.82) is 0 Å². The molecule has 0 N–H and O–H groups in total. The van der Waals surface area contributed by atoms with Crippen molar-refractivity contribution in [3.05, 3.63) is 12.2 Å². The van der Waals surface area contributed by atoms with E-state index in [9.17, 15) is 18.0 Å². The van der Waals surface area contributed by atoms with Gasteiger partial charge in [0.1, 0.15) is 0 Å². The maximum Gasteiger partial charge on any atom is 0.305 e. The molecule has 0 spiro atoms. The van der Waals surface area contributed by atoms with Crippen LogP contribution in [0.1, 0.15) is 6.92 Å². The molecule has 2 nitrogen and oxygen atoms in total. The molecule has 0 saturated heterocycles. The first kappa shape index (κ1) is 9.00. The fourth-order valence-corrected chi connectivity index (χ4v) is 0.292. The van der Waals surface area contributed by atoms with Gasteiger partial charge in [-0.2, -0.15) is 13.2 Å². The molecule has 0 aromatic rings. The second-order valence-electron chi connectivity index (χ2n) is 1.42. The molecule has 0 fully saturated rings. The minimum absolute atomic E-state index is 0.0958. The summed E-state index contributed by atoms with van der Waals surface area (Å²) in [4.78, 5) is 9.90. The molecule has 0 aliphatic carbocycles. The predicted molar refractivity (Wildman–Crippen MR) is 27.0 cm³/mol. The van der Waals surface area contributed by atoms with Gasteiger partial charge in [0.05, 0.1) is 6.08 Å². The highest BCUT2D eigenvalue weighted by atomic mass is 19.3. The number of alkyl halides is 1. The van der Waals surface area contributed by atoms with Gasteiger partial charge in [0, 0.05) is 6.92 Å². The number of rotatable bonds is 2. The highest BCUT2D eigenvalue weighted by molar-refractivity contribution is 5.66. The fourth-order valence-electron chi connectivity index (χ4n) is 0.292. The van der Waals surface area contributed by atoms with E-state index in [-0.39, 0.29) is 6.08 Å². The number of halogens is 3. The third-order valence-electron chi connectivity index (χ3n) is 0.536. The van der Waals surface area contributed by atoms with Crippen LogP contribution in [0.3, 0.4) is 0 Å². The van der Waals surface area contributed by atoms with Crippen LogP contribution in [0.2, 0.25) is 0 Å². The van der Waals surface area contributed by atoms with Crippen LogP contribution in [0.4, 0.5) is 13.2 Å². The van der Waals surface area contributed by atoms with Crippen LogP contribution in [-0.2, 0) is 9.53 Å². The van der Waals surface area contributed by atoms with E-state index in [2.05, 4.69) is 4.74 Å². The molecule has 0 aromatic heterocycles. The van der Waals surface area contributed by atoms with Gasteiger partial charge in [0.15, 0.2) is 0 Å². The first-order valence-corrected chi connectivity index (χ1v) is 2.36. The summed E-state index contributed by atoms with van der Waals surface area (Å²) in [7, 11) is 0. The van der Waals surface area contributed by atoms with E-state index >= 15 is 0 Å². The summed E-state index contributed by atoms with van der Waals surface area (Å²) in [6, 6.07) is 0. The van der Waals surface area contributed by atoms with Crippen molar-refractivity contribution >= 4 is 5.97 Å². The van der Waals surface area contributed by atoms with E-state index in [1.807, 2.05) is 0 Å². The average Bonchev–Trinajstić information content (AvgIpc) is 1.58. The van der Waals surface area contributed by atoms with E-state index in [0.717, 1.165) is 6.92 Å². The zero-order chi connectivity index (χ0) is 8.15. The molecule has 0 aliphatic heterocycles. The minimum atomic E-state index is -2.34. The van der Waals surface area contributed by atoms with Crippen molar-refractivity contribution in [1.82, 2.24) is 0 Å². The SMILES string of the molecule is CC(=O)OC(F)C=C(F)F. The maximum atomic E-state index is 11.9. The van der Waals surface area contributed by atoms with Crippen LogP contribution in [0, 0.1) is 0 Å². The summed E-state index contributed by atoms with van der Waals surface area (Å²) in [5.41, 5.74) is 0. The van der Waals surface area contributed by atoms with Gasteiger partial charge >= 0.3 is 5.97 Å². The summed E-state index contributed by atoms with van der Waals surface area (Å²) in [5, 5.41) is 0. The molecular weight excluding hydrogens is 149 g/mol. The van der Waals surface area contributed by atoms with Crippen molar-refractivity contribution in [2.75, 3.05) is 0 Å². The van der Waals surface area contributed by atoms with Crippen LogP contribution in [-0.4, -0.2) is 12.3 Å². The minimum Gasteiger partial charge on any atom is -0.427 e. The lowest BCUT2D eigenvalue weighted by atomic mass is 10.6. The van der Waals surface area contributed by atoms with Gasteiger partial charge < -0.3 is 4.74 Å². The normalized spacial score (nSPS) is 12.0. The van der Waals surface area contributed by atoms with Gasteiger partial charge in [0.2, 0.25) is 0 Å². The predicted octanol–water partition coefficient (Wildman–Crippen LogP) is 1.63. The van der Waals surface area contributed by atoms with Gasteiger partial charge in [-0.1, -0.05) is 0 Å². The molecule has 58 valence electrons. The monoisotopic (exact) mass is 154 g/mol. The fraction of sp³-hybridized carbons (Fsp3) is 0.400. The van der Waals surface area contributed by atoms with Crippen molar-refractivity contribution in [2.45, 2.75) is 13.3 Å². The third-order valence-corrected chi connectivity index (χ3v) is 0.536. The number of hydrogen-bond donors (Lipinski definition) is 0. The van der Waals surface area contributed by atoms with Crippen LogP contribution in [0.25, 0.3) is 0 Å². The largest absolute Gasteiger partial charge is 0.427 e. The van der Waals surface area contributed by atoms with Gasteiger partial charge in [-0.05, 0) is 0 Å². The van der Waals surface area contributed by atoms with Gasteiger partial charge in [-0.25, -0.2) is 0 Å². The lowest BCUT2D eigenvalue weighted by Gasteiger charge is -2.00. The molecule has 0 radical (unpaired) electrons.